The predicted octanol–water partition coefficient (Wildman–Crippen LogP) is -0.393. The average Bonchev–Trinajstić information content (AvgIpc) is 2.91. The van der Waals surface area contributed by atoms with Crippen molar-refractivity contribution in [2.24, 2.45) is 14.1 Å². The predicted molar refractivity (Wildman–Crippen MR) is 66.8 cm³/mol. The van der Waals surface area contributed by atoms with Gasteiger partial charge in [-0.1, -0.05) is 0 Å². The van der Waals surface area contributed by atoms with E-state index in [1.54, 1.807) is 12.1 Å². The van der Waals surface area contributed by atoms with Crippen molar-refractivity contribution in [1.82, 2.24) is 14.5 Å². The Morgan fingerprint density at radius 1 is 1.37 bits per heavy atom. The fourth-order valence-corrected chi connectivity index (χ4v) is 1.64. The lowest BCUT2D eigenvalue weighted by molar-refractivity contribution is 0.0945. The molecule has 0 aliphatic carbocycles. The van der Waals surface area contributed by atoms with Gasteiger partial charge in [0.2, 0.25) is 0 Å². The Kier molecular flexibility index (Phi) is 3.37. The molecule has 100 valence electrons. The molecule has 0 unspecified atom stereocenters. The van der Waals surface area contributed by atoms with Crippen LogP contribution in [0.25, 0.3) is 0 Å². The van der Waals surface area contributed by atoms with Gasteiger partial charge in [0.05, 0.1) is 12.8 Å². The first kappa shape index (κ1) is 12.9. The Hall–Kier alpha value is -2.57. The normalized spacial score (nSPS) is 10.4. The zero-order valence-electron chi connectivity index (χ0n) is 10.5. The van der Waals surface area contributed by atoms with Gasteiger partial charge in [-0.15, -0.1) is 0 Å². The van der Waals surface area contributed by atoms with Gasteiger partial charge in [0.15, 0.2) is 0 Å². The molecular weight excluding hydrogens is 250 g/mol. The van der Waals surface area contributed by atoms with Gasteiger partial charge in [-0.2, -0.15) is 0 Å². The van der Waals surface area contributed by atoms with E-state index in [4.69, 9.17) is 4.42 Å². The van der Waals surface area contributed by atoms with Crippen LogP contribution in [0.4, 0.5) is 0 Å². The summed E-state index contributed by atoms with van der Waals surface area (Å²) in [7, 11) is 2.80. The van der Waals surface area contributed by atoms with Crippen molar-refractivity contribution in [3.8, 4) is 0 Å². The van der Waals surface area contributed by atoms with Crippen LogP contribution in [0.5, 0.6) is 0 Å². The molecular formula is C12H13N3O4. The minimum absolute atomic E-state index is 0.0869. The number of carbonyl (C=O) groups is 1. The molecule has 2 rings (SSSR count). The SMILES string of the molecule is Cn1cc(C(=O)NCc2ccco2)c(=O)n(C)c1=O. The second kappa shape index (κ2) is 4.97. The zero-order valence-corrected chi connectivity index (χ0v) is 10.5. The number of aryl methyl sites for hydroxylation is 1. The summed E-state index contributed by atoms with van der Waals surface area (Å²) >= 11 is 0. The summed E-state index contributed by atoms with van der Waals surface area (Å²) in [6.45, 7) is 0.178. The van der Waals surface area contributed by atoms with E-state index in [1.165, 1.54) is 31.1 Å². The van der Waals surface area contributed by atoms with Gasteiger partial charge in [-0.3, -0.25) is 14.2 Å². The number of amides is 1. The maximum Gasteiger partial charge on any atom is 0.330 e. The minimum atomic E-state index is -0.625. The molecule has 2 aromatic heterocycles. The van der Waals surface area contributed by atoms with Gasteiger partial charge < -0.3 is 14.3 Å². The van der Waals surface area contributed by atoms with Gasteiger partial charge in [-0.05, 0) is 12.1 Å². The molecule has 19 heavy (non-hydrogen) atoms. The third kappa shape index (κ3) is 2.49. The molecule has 0 radical (unpaired) electrons. The average molecular weight is 263 g/mol. The maximum atomic E-state index is 11.9. The van der Waals surface area contributed by atoms with E-state index in [2.05, 4.69) is 5.32 Å². The van der Waals surface area contributed by atoms with Gasteiger partial charge >= 0.3 is 5.69 Å². The van der Waals surface area contributed by atoms with Gasteiger partial charge in [-0.25, -0.2) is 4.79 Å². The highest BCUT2D eigenvalue weighted by Gasteiger charge is 2.14. The van der Waals surface area contributed by atoms with Crippen LogP contribution in [-0.2, 0) is 20.6 Å². The number of hydrogen-bond donors (Lipinski definition) is 1. The van der Waals surface area contributed by atoms with Crippen LogP contribution < -0.4 is 16.6 Å². The Morgan fingerprint density at radius 3 is 2.74 bits per heavy atom. The molecule has 0 saturated heterocycles. The van der Waals surface area contributed by atoms with Crippen LogP contribution >= 0.6 is 0 Å². The summed E-state index contributed by atoms with van der Waals surface area (Å²) in [6, 6.07) is 3.41. The lowest BCUT2D eigenvalue weighted by atomic mass is 10.3. The highest BCUT2D eigenvalue weighted by atomic mass is 16.3. The molecule has 2 aromatic rings. The molecule has 1 N–H and O–H groups in total. The number of aromatic nitrogens is 2. The first-order chi connectivity index (χ1) is 9.00. The highest BCUT2D eigenvalue weighted by molar-refractivity contribution is 5.93. The van der Waals surface area contributed by atoms with Crippen molar-refractivity contribution in [2.45, 2.75) is 6.54 Å². The number of carbonyl (C=O) groups excluding carboxylic acids is 1. The number of rotatable bonds is 3. The Morgan fingerprint density at radius 2 is 2.11 bits per heavy atom. The van der Waals surface area contributed by atoms with Crippen LogP contribution in [0.15, 0.2) is 38.6 Å². The van der Waals surface area contributed by atoms with Crippen molar-refractivity contribution in [3.05, 3.63) is 56.8 Å². The minimum Gasteiger partial charge on any atom is -0.467 e. The molecule has 0 atom stereocenters. The zero-order chi connectivity index (χ0) is 14.0. The van der Waals surface area contributed by atoms with E-state index >= 15 is 0 Å². The second-order valence-electron chi connectivity index (χ2n) is 4.06. The first-order valence-corrected chi connectivity index (χ1v) is 5.58. The lowest BCUT2D eigenvalue weighted by Crippen LogP contribution is -2.41. The molecule has 0 aliphatic rings. The second-order valence-corrected chi connectivity index (χ2v) is 4.06. The largest absolute Gasteiger partial charge is 0.467 e. The van der Waals surface area contributed by atoms with Crippen LogP contribution in [0.2, 0.25) is 0 Å². The van der Waals surface area contributed by atoms with E-state index < -0.39 is 17.2 Å². The van der Waals surface area contributed by atoms with Crippen LogP contribution in [0, 0.1) is 0 Å². The molecule has 0 saturated carbocycles. The van der Waals surface area contributed by atoms with E-state index in [1.807, 2.05) is 0 Å². The summed E-state index contributed by atoms with van der Waals surface area (Å²) in [5.74, 6) is 0.0302. The molecule has 0 aromatic carbocycles. The van der Waals surface area contributed by atoms with E-state index in [0.717, 1.165) is 4.57 Å². The van der Waals surface area contributed by atoms with E-state index in [-0.39, 0.29) is 12.1 Å². The summed E-state index contributed by atoms with van der Waals surface area (Å²) < 4.78 is 7.14. The fraction of sp³-hybridized carbons (Fsp3) is 0.250. The summed E-state index contributed by atoms with van der Waals surface area (Å²) in [5, 5.41) is 2.55. The monoisotopic (exact) mass is 263 g/mol. The molecule has 0 spiro atoms. The van der Waals surface area contributed by atoms with Crippen molar-refractivity contribution < 1.29 is 9.21 Å². The Bertz CT molecular complexity index is 710. The Balaban J connectivity index is 2.25. The van der Waals surface area contributed by atoms with Crippen molar-refractivity contribution in [1.29, 1.82) is 0 Å². The molecule has 7 nitrogen and oxygen atoms in total. The highest BCUT2D eigenvalue weighted by Crippen LogP contribution is 1.99. The van der Waals surface area contributed by atoms with E-state index in [0.29, 0.717) is 5.76 Å². The number of hydrogen-bond acceptors (Lipinski definition) is 4. The smallest absolute Gasteiger partial charge is 0.330 e. The first-order valence-electron chi connectivity index (χ1n) is 5.58. The summed E-state index contributed by atoms with van der Waals surface area (Å²) in [5.41, 5.74) is -1.19. The van der Waals surface area contributed by atoms with Gasteiger partial charge in [0.25, 0.3) is 11.5 Å². The molecule has 2 heterocycles. The Labute approximate surface area is 108 Å². The van der Waals surface area contributed by atoms with E-state index in [9.17, 15) is 14.4 Å². The molecule has 0 aliphatic heterocycles. The van der Waals surface area contributed by atoms with Crippen molar-refractivity contribution in [3.63, 3.8) is 0 Å². The molecule has 0 fully saturated rings. The van der Waals surface area contributed by atoms with Crippen molar-refractivity contribution in [2.75, 3.05) is 0 Å². The van der Waals surface area contributed by atoms with Crippen LogP contribution in [0.1, 0.15) is 16.1 Å². The molecule has 0 bridgehead atoms. The molecule has 7 heteroatoms. The number of nitrogens with one attached hydrogen (secondary N) is 1. The van der Waals surface area contributed by atoms with Gasteiger partial charge in [0.1, 0.15) is 11.3 Å². The maximum absolute atomic E-state index is 11.9. The summed E-state index contributed by atoms with van der Waals surface area (Å²) in [4.78, 5) is 35.2. The lowest BCUT2D eigenvalue weighted by Gasteiger charge is -2.06. The molecule has 1 amide bonds. The van der Waals surface area contributed by atoms with Gasteiger partial charge in [0, 0.05) is 20.3 Å². The summed E-state index contributed by atoms with van der Waals surface area (Å²) in [6.07, 6.45) is 2.72. The van der Waals surface area contributed by atoms with Crippen molar-refractivity contribution >= 4 is 5.91 Å². The standard InChI is InChI=1S/C12H13N3O4/c1-14-7-9(11(17)15(2)12(14)18)10(16)13-6-8-4-3-5-19-8/h3-5,7H,6H2,1-2H3,(H,13,16). The fourth-order valence-electron chi connectivity index (χ4n) is 1.64. The van der Waals surface area contributed by atoms with Crippen LogP contribution in [-0.4, -0.2) is 15.0 Å². The van der Waals surface area contributed by atoms with Crippen LogP contribution in [0.3, 0.4) is 0 Å². The number of furan rings is 1. The topological polar surface area (TPSA) is 86.2 Å². The quantitative estimate of drug-likeness (QED) is 0.817. The number of nitrogens with zero attached hydrogens (tertiary/aromatic N) is 2. The third-order valence-electron chi connectivity index (χ3n) is 2.69. The third-order valence-corrected chi connectivity index (χ3v) is 2.69.